The van der Waals surface area contributed by atoms with Crippen LogP contribution in [-0.2, 0) is 19.0 Å². The van der Waals surface area contributed by atoms with Crippen molar-refractivity contribution < 1.29 is 17.3 Å². The average Bonchev–Trinajstić information content (AvgIpc) is 2.50. The van der Waals surface area contributed by atoms with E-state index in [0.29, 0.717) is 24.6 Å². The van der Waals surface area contributed by atoms with Gasteiger partial charge < -0.3 is 10.1 Å². The molecule has 0 aliphatic heterocycles. The SMILES string of the molecule is C=C/C(OC(=S)NCCCOS(C)(=O)=O)=C(\C)[C@@H]1C=C(C)CCC1. The largest absolute Gasteiger partial charge is 0.432 e. The minimum absolute atomic E-state index is 0.115. The second-order valence-corrected chi connectivity index (χ2v) is 7.97. The van der Waals surface area contributed by atoms with E-state index in [9.17, 15) is 8.42 Å². The van der Waals surface area contributed by atoms with Crippen molar-refractivity contribution in [2.45, 2.75) is 39.5 Å². The highest BCUT2D eigenvalue weighted by atomic mass is 32.2. The van der Waals surface area contributed by atoms with Crippen molar-refractivity contribution in [3.8, 4) is 0 Å². The highest BCUT2D eigenvalue weighted by molar-refractivity contribution is 7.86. The Morgan fingerprint density at radius 3 is 2.83 bits per heavy atom. The molecule has 0 heterocycles. The summed E-state index contributed by atoms with van der Waals surface area (Å²) in [6, 6.07) is 0. The number of rotatable bonds is 8. The van der Waals surface area contributed by atoms with Gasteiger partial charge in [-0.15, -0.1) is 0 Å². The second kappa shape index (κ2) is 9.96. The molecule has 0 fully saturated rings. The highest BCUT2D eigenvalue weighted by Crippen LogP contribution is 2.30. The van der Waals surface area contributed by atoms with Gasteiger partial charge in [-0.3, -0.25) is 4.18 Å². The zero-order chi connectivity index (χ0) is 18.2. The minimum atomic E-state index is -3.39. The van der Waals surface area contributed by atoms with E-state index in [0.717, 1.165) is 24.7 Å². The Hall–Kier alpha value is -1.18. The number of allylic oxidation sites excluding steroid dienone is 4. The molecule has 1 aliphatic carbocycles. The predicted molar refractivity (Wildman–Crippen MR) is 101 cm³/mol. The van der Waals surface area contributed by atoms with Crippen LogP contribution < -0.4 is 5.32 Å². The monoisotopic (exact) mass is 373 g/mol. The summed E-state index contributed by atoms with van der Waals surface area (Å²) in [4.78, 5) is 0. The molecule has 24 heavy (non-hydrogen) atoms. The van der Waals surface area contributed by atoms with Crippen LogP contribution in [0.5, 0.6) is 0 Å². The first-order chi connectivity index (χ1) is 11.2. The number of thiocarbonyl (C=S) groups is 1. The Kier molecular flexibility index (Phi) is 8.66. The Morgan fingerprint density at radius 1 is 1.54 bits per heavy atom. The molecule has 0 saturated carbocycles. The fraction of sp³-hybridized carbons (Fsp3) is 0.588. The van der Waals surface area contributed by atoms with E-state index in [1.54, 1.807) is 6.08 Å². The summed E-state index contributed by atoms with van der Waals surface area (Å²) in [5, 5.41) is 3.19. The van der Waals surface area contributed by atoms with E-state index in [2.05, 4.69) is 29.1 Å². The maximum Gasteiger partial charge on any atom is 0.264 e. The Bertz CT molecular complexity index is 621. The summed E-state index contributed by atoms with van der Waals surface area (Å²) in [7, 11) is -3.39. The molecular formula is C17H27NO4S2. The summed E-state index contributed by atoms with van der Waals surface area (Å²) in [6.07, 6.45) is 8.93. The molecule has 0 aromatic rings. The summed E-state index contributed by atoms with van der Waals surface area (Å²) in [6.45, 7) is 8.59. The lowest BCUT2D eigenvalue weighted by molar-refractivity contribution is 0.314. The van der Waals surface area contributed by atoms with Gasteiger partial charge in [0.2, 0.25) is 0 Å². The molecule has 0 aromatic heterocycles. The van der Waals surface area contributed by atoms with Crippen LogP contribution in [0.15, 0.2) is 35.6 Å². The first-order valence-corrected chi connectivity index (χ1v) is 10.3. The second-order valence-electron chi connectivity index (χ2n) is 5.96. The van der Waals surface area contributed by atoms with Crippen LogP contribution in [0.4, 0.5) is 0 Å². The van der Waals surface area contributed by atoms with Gasteiger partial charge in [-0.05, 0) is 63.4 Å². The van der Waals surface area contributed by atoms with Gasteiger partial charge in [-0.2, -0.15) is 8.42 Å². The molecule has 1 aliphatic rings. The maximum atomic E-state index is 10.8. The van der Waals surface area contributed by atoms with Crippen molar-refractivity contribution in [3.05, 3.63) is 35.6 Å². The van der Waals surface area contributed by atoms with E-state index < -0.39 is 10.1 Å². The normalized spacial score (nSPS) is 19.1. The third-order valence-electron chi connectivity index (χ3n) is 3.79. The third kappa shape index (κ3) is 8.08. The Labute approximate surface area is 150 Å². The number of hydrogen-bond donors (Lipinski definition) is 1. The van der Waals surface area contributed by atoms with Crippen molar-refractivity contribution in [2.75, 3.05) is 19.4 Å². The molecule has 0 bridgehead atoms. The van der Waals surface area contributed by atoms with Crippen LogP contribution in [0.25, 0.3) is 0 Å². The molecule has 0 spiro atoms. The summed E-state index contributed by atoms with van der Waals surface area (Å²) >= 11 is 5.17. The molecule has 1 atom stereocenters. The van der Waals surface area contributed by atoms with Crippen molar-refractivity contribution in [3.63, 3.8) is 0 Å². The Morgan fingerprint density at radius 2 is 2.25 bits per heavy atom. The topological polar surface area (TPSA) is 64.6 Å². The van der Waals surface area contributed by atoms with Gasteiger partial charge >= 0.3 is 0 Å². The molecule has 0 saturated heterocycles. The van der Waals surface area contributed by atoms with Crippen LogP contribution in [0, 0.1) is 5.92 Å². The van der Waals surface area contributed by atoms with Crippen LogP contribution in [-0.4, -0.2) is 33.0 Å². The zero-order valence-corrected chi connectivity index (χ0v) is 16.3. The van der Waals surface area contributed by atoms with Gasteiger partial charge in [-0.25, -0.2) is 0 Å². The van der Waals surface area contributed by atoms with Gasteiger partial charge in [0.05, 0.1) is 12.9 Å². The molecule has 1 rings (SSSR count). The molecule has 0 unspecified atom stereocenters. The Balaban J connectivity index is 2.49. The van der Waals surface area contributed by atoms with Crippen LogP contribution in [0.2, 0.25) is 0 Å². The third-order valence-corrected chi connectivity index (χ3v) is 4.62. The fourth-order valence-corrected chi connectivity index (χ4v) is 3.14. The molecular weight excluding hydrogens is 346 g/mol. The fourth-order valence-electron chi connectivity index (χ4n) is 2.53. The summed E-state index contributed by atoms with van der Waals surface area (Å²) in [5.41, 5.74) is 2.52. The van der Waals surface area contributed by atoms with E-state index in [-0.39, 0.29) is 11.8 Å². The van der Waals surface area contributed by atoms with Crippen molar-refractivity contribution in [1.82, 2.24) is 5.32 Å². The lowest BCUT2D eigenvalue weighted by Crippen LogP contribution is -2.26. The van der Waals surface area contributed by atoms with Gasteiger partial charge in [0.25, 0.3) is 15.3 Å². The molecule has 136 valence electrons. The van der Waals surface area contributed by atoms with Crippen molar-refractivity contribution >= 4 is 27.5 Å². The van der Waals surface area contributed by atoms with Gasteiger partial charge in [0, 0.05) is 12.5 Å². The minimum Gasteiger partial charge on any atom is -0.432 e. The predicted octanol–water partition coefficient (Wildman–Crippen LogP) is 3.45. The molecule has 7 heteroatoms. The maximum absolute atomic E-state index is 10.8. The lowest BCUT2D eigenvalue weighted by Gasteiger charge is -2.22. The lowest BCUT2D eigenvalue weighted by atomic mass is 9.86. The first kappa shape index (κ1) is 20.9. The van der Waals surface area contributed by atoms with Crippen LogP contribution in [0.3, 0.4) is 0 Å². The summed E-state index contributed by atoms with van der Waals surface area (Å²) in [5.74, 6) is 1.04. The molecule has 5 nitrogen and oxygen atoms in total. The van der Waals surface area contributed by atoms with E-state index >= 15 is 0 Å². The number of ether oxygens (including phenoxy) is 1. The van der Waals surface area contributed by atoms with Crippen LogP contribution >= 0.6 is 12.2 Å². The molecule has 1 N–H and O–H groups in total. The van der Waals surface area contributed by atoms with E-state index in [1.165, 1.54) is 12.0 Å². The average molecular weight is 374 g/mol. The first-order valence-electron chi connectivity index (χ1n) is 8.03. The zero-order valence-electron chi connectivity index (χ0n) is 14.6. The quantitative estimate of drug-likeness (QED) is 0.176. The summed E-state index contributed by atoms with van der Waals surface area (Å²) < 4.78 is 32.0. The highest BCUT2D eigenvalue weighted by Gasteiger charge is 2.17. The molecule has 0 amide bonds. The standard InChI is InChI=1S/C17H27NO4S2/c1-5-16(14(3)15-9-6-8-13(2)12-15)22-17(23)18-10-7-11-21-24(4,19)20/h5,12,15H,1,6-11H2,2-4H3,(H,18,23)/b16-14-/t15-/m0/s1. The molecule has 0 aromatic carbocycles. The van der Waals surface area contributed by atoms with Gasteiger partial charge in [-0.1, -0.05) is 18.2 Å². The van der Waals surface area contributed by atoms with Gasteiger partial charge in [0.1, 0.15) is 5.76 Å². The van der Waals surface area contributed by atoms with E-state index in [1.807, 2.05) is 6.92 Å². The van der Waals surface area contributed by atoms with Crippen molar-refractivity contribution in [1.29, 1.82) is 0 Å². The molecule has 0 radical (unpaired) electrons. The van der Waals surface area contributed by atoms with Gasteiger partial charge in [0.15, 0.2) is 0 Å². The van der Waals surface area contributed by atoms with Crippen LogP contribution in [0.1, 0.15) is 39.5 Å². The van der Waals surface area contributed by atoms with Crippen molar-refractivity contribution in [2.24, 2.45) is 5.92 Å². The smallest absolute Gasteiger partial charge is 0.264 e. The number of nitrogens with one attached hydrogen (secondary N) is 1. The van der Waals surface area contributed by atoms with E-state index in [4.69, 9.17) is 17.0 Å². The number of hydrogen-bond acceptors (Lipinski definition) is 5.